The van der Waals surface area contributed by atoms with E-state index in [1.807, 2.05) is 6.07 Å². The van der Waals surface area contributed by atoms with Crippen LogP contribution in [0.4, 0.5) is 0 Å². The minimum atomic E-state index is -1.08. The zero-order valence-corrected chi connectivity index (χ0v) is 17.0. The number of hydrogen-bond donors (Lipinski definition) is 0. The van der Waals surface area contributed by atoms with E-state index in [1.54, 1.807) is 29.2 Å². The van der Waals surface area contributed by atoms with Crippen LogP contribution in [0.25, 0.3) is 0 Å². The average molecular weight is 420 g/mol. The summed E-state index contributed by atoms with van der Waals surface area (Å²) in [5, 5.41) is 0.203. The number of benzene rings is 2. The van der Waals surface area contributed by atoms with Crippen LogP contribution >= 0.6 is 11.6 Å². The summed E-state index contributed by atoms with van der Waals surface area (Å²) >= 11 is 6.19. The van der Waals surface area contributed by atoms with Crippen LogP contribution in [0.5, 0.6) is 11.5 Å². The van der Waals surface area contributed by atoms with Crippen LogP contribution in [0.2, 0.25) is 5.02 Å². The fourth-order valence-electron chi connectivity index (χ4n) is 3.05. The number of morpholine rings is 1. The summed E-state index contributed by atoms with van der Waals surface area (Å²) in [5.74, 6) is -0.375. The van der Waals surface area contributed by atoms with Gasteiger partial charge in [0.1, 0.15) is 0 Å². The SMILES string of the molecule is COc1cc(C(=O)O[C@H](C(=O)N2CCOCC2)c2ccccc2)cc(Cl)c1OC. The molecule has 1 fully saturated rings. The van der Waals surface area contributed by atoms with Gasteiger partial charge in [-0.25, -0.2) is 4.79 Å². The highest BCUT2D eigenvalue weighted by molar-refractivity contribution is 6.32. The van der Waals surface area contributed by atoms with Crippen molar-refractivity contribution in [1.82, 2.24) is 4.90 Å². The highest BCUT2D eigenvalue weighted by Gasteiger charge is 2.31. The number of nitrogens with zero attached hydrogens (tertiary/aromatic N) is 1. The van der Waals surface area contributed by atoms with E-state index < -0.39 is 12.1 Å². The largest absolute Gasteiger partial charge is 0.493 e. The summed E-state index contributed by atoms with van der Waals surface area (Å²) in [5.41, 5.74) is 0.743. The quantitative estimate of drug-likeness (QED) is 0.670. The zero-order valence-electron chi connectivity index (χ0n) is 16.2. The van der Waals surface area contributed by atoms with Gasteiger partial charge in [-0.3, -0.25) is 4.79 Å². The number of amides is 1. The van der Waals surface area contributed by atoms with Gasteiger partial charge in [0, 0.05) is 18.7 Å². The topological polar surface area (TPSA) is 74.3 Å². The summed E-state index contributed by atoms with van der Waals surface area (Å²) in [7, 11) is 2.90. The Morgan fingerprint density at radius 3 is 2.38 bits per heavy atom. The van der Waals surface area contributed by atoms with Crippen molar-refractivity contribution >= 4 is 23.5 Å². The van der Waals surface area contributed by atoms with E-state index in [2.05, 4.69) is 0 Å². The molecule has 2 aromatic rings. The second-order valence-corrected chi connectivity index (χ2v) is 6.73. The maximum absolute atomic E-state index is 13.1. The Hall–Kier alpha value is -2.77. The fraction of sp³-hybridized carbons (Fsp3) is 0.333. The third-order valence-electron chi connectivity index (χ3n) is 4.54. The minimum absolute atomic E-state index is 0.156. The van der Waals surface area contributed by atoms with Crippen molar-refractivity contribution in [2.45, 2.75) is 6.10 Å². The molecular weight excluding hydrogens is 398 g/mol. The number of hydrogen-bond acceptors (Lipinski definition) is 6. The summed E-state index contributed by atoms with van der Waals surface area (Å²) in [6.07, 6.45) is -1.08. The molecule has 7 nitrogen and oxygen atoms in total. The minimum Gasteiger partial charge on any atom is -0.493 e. The second-order valence-electron chi connectivity index (χ2n) is 6.33. The fourth-order valence-corrected chi connectivity index (χ4v) is 3.34. The first kappa shape index (κ1) is 21.0. The predicted octanol–water partition coefficient (Wildman–Crippen LogP) is 3.11. The van der Waals surface area contributed by atoms with Crippen LogP contribution in [0, 0.1) is 0 Å². The van der Waals surface area contributed by atoms with Gasteiger partial charge < -0.3 is 23.8 Å². The van der Waals surface area contributed by atoms with E-state index in [1.165, 1.54) is 26.4 Å². The molecule has 2 aromatic carbocycles. The lowest BCUT2D eigenvalue weighted by atomic mass is 10.1. The van der Waals surface area contributed by atoms with Crippen molar-refractivity contribution in [1.29, 1.82) is 0 Å². The van der Waals surface area contributed by atoms with Crippen molar-refractivity contribution in [2.75, 3.05) is 40.5 Å². The van der Waals surface area contributed by atoms with E-state index >= 15 is 0 Å². The molecule has 154 valence electrons. The van der Waals surface area contributed by atoms with Gasteiger partial charge in [0.25, 0.3) is 5.91 Å². The van der Waals surface area contributed by atoms with Gasteiger partial charge in [-0.1, -0.05) is 41.9 Å². The van der Waals surface area contributed by atoms with Crippen LogP contribution < -0.4 is 9.47 Å². The second kappa shape index (κ2) is 9.62. The van der Waals surface area contributed by atoms with Crippen LogP contribution in [0.1, 0.15) is 22.0 Å². The van der Waals surface area contributed by atoms with Gasteiger partial charge in [0.05, 0.1) is 38.0 Å². The smallest absolute Gasteiger partial charge is 0.339 e. The molecule has 0 aromatic heterocycles. The first-order chi connectivity index (χ1) is 14.0. The summed E-state index contributed by atoms with van der Waals surface area (Å²) in [4.78, 5) is 27.6. The molecule has 0 saturated carbocycles. The number of halogens is 1. The van der Waals surface area contributed by atoms with Crippen LogP contribution in [0.3, 0.4) is 0 Å². The summed E-state index contributed by atoms with van der Waals surface area (Å²) < 4.78 is 21.4. The molecule has 0 radical (unpaired) electrons. The number of carbonyl (C=O) groups is 2. The molecule has 0 unspecified atom stereocenters. The lowest BCUT2D eigenvalue weighted by Gasteiger charge is -2.30. The Kier molecular flexibility index (Phi) is 6.95. The van der Waals surface area contributed by atoms with Crippen molar-refractivity contribution in [2.24, 2.45) is 0 Å². The normalized spacial score (nSPS) is 14.8. The molecule has 0 spiro atoms. The molecule has 1 saturated heterocycles. The first-order valence-corrected chi connectivity index (χ1v) is 9.47. The van der Waals surface area contributed by atoms with E-state index in [0.717, 1.165) is 0 Å². The Morgan fingerprint density at radius 1 is 1.07 bits per heavy atom. The molecule has 0 N–H and O–H groups in total. The van der Waals surface area contributed by atoms with E-state index in [0.29, 0.717) is 43.4 Å². The number of methoxy groups -OCH3 is 2. The maximum Gasteiger partial charge on any atom is 0.339 e. The Balaban J connectivity index is 1.88. The monoisotopic (exact) mass is 419 g/mol. The van der Waals surface area contributed by atoms with Gasteiger partial charge >= 0.3 is 5.97 Å². The Labute approximate surface area is 174 Å². The lowest BCUT2D eigenvalue weighted by Crippen LogP contribution is -2.44. The molecular formula is C21H22ClNO6. The van der Waals surface area contributed by atoms with Gasteiger partial charge in [-0.2, -0.15) is 0 Å². The molecule has 29 heavy (non-hydrogen) atoms. The number of carbonyl (C=O) groups excluding carboxylic acids is 2. The number of rotatable bonds is 6. The number of esters is 1. The van der Waals surface area contributed by atoms with Gasteiger partial charge in [-0.05, 0) is 12.1 Å². The molecule has 0 bridgehead atoms. The van der Waals surface area contributed by atoms with Crippen LogP contribution in [-0.2, 0) is 14.3 Å². The first-order valence-electron chi connectivity index (χ1n) is 9.09. The van der Waals surface area contributed by atoms with E-state index in [-0.39, 0.29) is 16.5 Å². The molecule has 1 amide bonds. The van der Waals surface area contributed by atoms with E-state index in [4.69, 9.17) is 30.5 Å². The molecule has 0 aliphatic carbocycles. The number of ether oxygens (including phenoxy) is 4. The molecule has 1 atom stereocenters. The van der Waals surface area contributed by atoms with Crippen molar-refractivity contribution in [3.05, 3.63) is 58.6 Å². The highest BCUT2D eigenvalue weighted by atomic mass is 35.5. The van der Waals surface area contributed by atoms with Gasteiger partial charge in [0.15, 0.2) is 11.5 Å². The van der Waals surface area contributed by atoms with Crippen molar-refractivity contribution in [3.8, 4) is 11.5 Å². The maximum atomic E-state index is 13.1. The van der Waals surface area contributed by atoms with Crippen LogP contribution in [0.15, 0.2) is 42.5 Å². The van der Waals surface area contributed by atoms with Crippen molar-refractivity contribution in [3.63, 3.8) is 0 Å². The highest BCUT2D eigenvalue weighted by Crippen LogP contribution is 2.36. The van der Waals surface area contributed by atoms with E-state index in [9.17, 15) is 9.59 Å². The molecule has 8 heteroatoms. The molecule has 3 rings (SSSR count). The molecule has 1 aliphatic rings. The molecule has 1 aliphatic heterocycles. The zero-order chi connectivity index (χ0) is 20.8. The van der Waals surface area contributed by atoms with Crippen LogP contribution in [-0.4, -0.2) is 57.3 Å². The predicted molar refractivity (Wildman–Crippen MR) is 107 cm³/mol. The Bertz CT molecular complexity index is 867. The molecule has 1 heterocycles. The van der Waals surface area contributed by atoms with Gasteiger partial charge in [-0.15, -0.1) is 0 Å². The lowest BCUT2D eigenvalue weighted by molar-refractivity contribution is -0.145. The van der Waals surface area contributed by atoms with Gasteiger partial charge in [0.2, 0.25) is 6.10 Å². The standard InChI is InChI=1S/C21H22ClNO6/c1-26-17-13-15(12-16(22)19(17)27-2)21(25)29-18(14-6-4-3-5-7-14)20(24)23-8-10-28-11-9-23/h3-7,12-13,18H,8-11H2,1-2H3/t18-/m0/s1. The third kappa shape index (κ3) is 4.81. The third-order valence-corrected chi connectivity index (χ3v) is 4.82. The summed E-state index contributed by atoms with van der Waals surface area (Å²) in [6, 6.07) is 11.8. The average Bonchev–Trinajstić information content (AvgIpc) is 2.77. The Morgan fingerprint density at radius 2 is 1.76 bits per heavy atom. The summed E-state index contributed by atoms with van der Waals surface area (Å²) in [6.45, 7) is 1.79. The van der Waals surface area contributed by atoms with Crippen molar-refractivity contribution < 1.29 is 28.5 Å².